The summed E-state index contributed by atoms with van der Waals surface area (Å²) in [5, 5.41) is 15.5. The molecular formula is C18H16N2O4. The van der Waals surface area contributed by atoms with Gasteiger partial charge in [-0.05, 0) is 29.8 Å². The smallest absolute Gasteiger partial charge is 0.337 e. The number of anilines is 1. The molecule has 1 aliphatic rings. The number of carbonyl (C=O) groups is 2. The molecule has 2 aromatic rings. The summed E-state index contributed by atoms with van der Waals surface area (Å²) >= 11 is 0. The Bertz CT molecular complexity index is 784. The van der Waals surface area contributed by atoms with Crippen molar-refractivity contribution in [2.75, 3.05) is 12.1 Å². The lowest BCUT2D eigenvalue weighted by Gasteiger charge is -2.19. The van der Waals surface area contributed by atoms with E-state index in [-0.39, 0.29) is 0 Å². The van der Waals surface area contributed by atoms with Crippen LogP contribution in [0.2, 0.25) is 0 Å². The van der Waals surface area contributed by atoms with Gasteiger partial charge < -0.3 is 9.84 Å². The van der Waals surface area contributed by atoms with Crippen molar-refractivity contribution in [3.63, 3.8) is 0 Å². The minimum absolute atomic E-state index is 0.293. The zero-order valence-electron chi connectivity index (χ0n) is 13.0. The molecule has 0 bridgehead atoms. The van der Waals surface area contributed by atoms with Crippen LogP contribution in [-0.2, 0) is 9.53 Å². The number of ether oxygens (including phenoxy) is 1. The number of benzene rings is 2. The topological polar surface area (TPSA) is 79.2 Å². The SMILES string of the molecule is COC(=O)c1ccc(C2=NN(c3ccccc3)C(C(=O)O)C2)cc1. The molecule has 6 heteroatoms. The van der Waals surface area contributed by atoms with Gasteiger partial charge in [0.1, 0.15) is 0 Å². The second-order valence-corrected chi connectivity index (χ2v) is 5.35. The highest BCUT2D eigenvalue weighted by Crippen LogP contribution is 2.27. The normalized spacial score (nSPS) is 16.6. The van der Waals surface area contributed by atoms with Crippen LogP contribution in [0.3, 0.4) is 0 Å². The van der Waals surface area contributed by atoms with Crippen molar-refractivity contribution in [1.29, 1.82) is 0 Å². The van der Waals surface area contributed by atoms with Gasteiger partial charge in [0.25, 0.3) is 0 Å². The molecule has 122 valence electrons. The molecule has 0 saturated heterocycles. The van der Waals surface area contributed by atoms with Crippen LogP contribution in [0.15, 0.2) is 59.7 Å². The van der Waals surface area contributed by atoms with Crippen LogP contribution < -0.4 is 5.01 Å². The highest BCUT2D eigenvalue weighted by Gasteiger charge is 2.33. The Morgan fingerprint density at radius 3 is 2.38 bits per heavy atom. The minimum Gasteiger partial charge on any atom is -0.480 e. The van der Waals surface area contributed by atoms with Crippen molar-refractivity contribution in [3.8, 4) is 0 Å². The first-order valence-corrected chi connectivity index (χ1v) is 7.43. The van der Waals surface area contributed by atoms with Crippen LogP contribution >= 0.6 is 0 Å². The Balaban J connectivity index is 1.91. The molecule has 1 aliphatic heterocycles. The van der Waals surface area contributed by atoms with E-state index >= 15 is 0 Å². The predicted octanol–water partition coefficient (Wildman–Crippen LogP) is 2.54. The fourth-order valence-electron chi connectivity index (χ4n) is 2.61. The quantitative estimate of drug-likeness (QED) is 0.874. The van der Waals surface area contributed by atoms with Crippen molar-refractivity contribution in [3.05, 3.63) is 65.7 Å². The summed E-state index contributed by atoms with van der Waals surface area (Å²) in [6, 6.07) is 15.2. The van der Waals surface area contributed by atoms with Gasteiger partial charge >= 0.3 is 11.9 Å². The average Bonchev–Trinajstić information content (AvgIpc) is 3.07. The number of nitrogens with zero attached hydrogens (tertiary/aromatic N) is 2. The molecular weight excluding hydrogens is 308 g/mol. The molecule has 0 fully saturated rings. The third kappa shape index (κ3) is 2.99. The Morgan fingerprint density at radius 1 is 1.12 bits per heavy atom. The number of hydrazone groups is 1. The minimum atomic E-state index is -0.927. The van der Waals surface area contributed by atoms with E-state index in [1.54, 1.807) is 24.3 Å². The summed E-state index contributed by atoms with van der Waals surface area (Å²) in [5.74, 6) is -1.34. The van der Waals surface area contributed by atoms with Crippen molar-refractivity contribution in [2.24, 2.45) is 5.10 Å². The van der Waals surface area contributed by atoms with Gasteiger partial charge in [0.15, 0.2) is 6.04 Å². The largest absolute Gasteiger partial charge is 0.480 e. The number of esters is 1. The van der Waals surface area contributed by atoms with Gasteiger partial charge in [0.2, 0.25) is 0 Å². The maximum atomic E-state index is 11.6. The molecule has 3 rings (SSSR count). The summed E-state index contributed by atoms with van der Waals surface area (Å²) in [7, 11) is 1.33. The molecule has 1 unspecified atom stereocenters. The summed E-state index contributed by atoms with van der Waals surface area (Å²) in [6.07, 6.45) is 0.293. The summed E-state index contributed by atoms with van der Waals surface area (Å²) < 4.78 is 4.67. The summed E-state index contributed by atoms with van der Waals surface area (Å²) in [6.45, 7) is 0. The Kier molecular flexibility index (Phi) is 4.29. The van der Waals surface area contributed by atoms with Crippen LogP contribution in [0.1, 0.15) is 22.3 Å². The van der Waals surface area contributed by atoms with Crippen LogP contribution in [0, 0.1) is 0 Å². The average molecular weight is 324 g/mol. The third-order valence-electron chi connectivity index (χ3n) is 3.86. The fraction of sp³-hybridized carbons (Fsp3) is 0.167. The highest BCUT2D eigenvalue weighted by molar-refractivity contribution is 6.06. The molecule has 0 saturated carbocycles. The summed E-state index contributed by atoms with van der Waals surface area (Å²) in [4.78, 5) is 23.1. The van der Waals surface area contributed by atoms with Crippen molar-refractivity contribution in [2.45, 2.75) is 12.5 Å². The lowest BCUT2D eigenvalue weighted by Crippen LogP contribution is -2.34. The zero-order chi connectivity index (χ0) is 17.1. The number of methoxy groups -OCH3 is 1. The van der Waals surface area contributed by atoms with Gasteiger partial charge in [-0.3, -0.25) is 5.01 Å². The number of carbonyl (C=O) groups excluding carboxylic acids is 1. The zero-order valence-corrected chi connectivity index (χ0v) is 13.0. The van der Waals surface area contributed by atoms with Crippen LogP contribution in [0.5, 0.6) is 0 Å². The van der Waals surface area contributed by atoms with E-state index in [0.29, 0.717) is 17.7 Å². The van der Waals surface area contributed by atoms with Crippen LogP contribution in [0.4, 0.5) is 5.69 Å². The van der Waals surface area contributed by atoms with E-state index in [1.807, 2.05) is 30.3 Å². The highest BCUT2D eigenvalue weighted by atomic mass is 16.5. The van der Waals surface area contributed by atoms with Crippen molar-refractivity contribution in [1.82, 2.24) is 0 Å². The Morgan fingerprint density at radius 2 is 1.79 bits per heavy atom. The van der Waals surface area contributed by atoms with Crippen molar-refractivity contribution < 1.29 is 19.4 Å². The number of rotatable bonds is 4. The first kappa shape index (κ1) is 15.7. The van der Waals surface area contributed by atoms with E-state index in [1.165, 1.54) is 12.1 Å². The standard InChI is InChI=1S/C18H16N2O4/c1-24-18(23)13-9-7-12(8-10-13)15-11-16(17(21)22)20(19-15)14-5-3-2-4-6-14/h2-10,16H,11H2,1H3,(H,21,22). The maximum absolute atomic E-state index is 11.6. The fourth-order valence-corrected chi connectivity index (χ4v) is 2.61. The molecule has 24 heavy (non-hydrogen) atoms. The second kappa shape index (κ2) is 6.54. The first-order valence-electron chi connectivity index (χ1n) is 7.43. The number of carboxylic acid groups (broad SMARTS) is 1. The van der Waals surface area contributed by atoms with E-state index in [9.17, 15) is 14.7 Å². The molecule has 1 heterocycles. The number of carboxylic acids is 1. The maximum Gasteiger partial charge on any atom is 0.337 e. The second-order valence-electron chi connectivity index (χ2n) is 5.35. The molecule has 0 amide bonds. The molecule has 1 N–H and O–H groups in total. The van der Waals surface area contributed by atoms with Crippen LogP contribution in [0.25, 0.3) is 0 Å². The lowest BCUT2D eigenvalue weighted by molar-refractivity contribution is -0.138. The Hall–Kier alpha value is -3.15. The van der Waals surface area contributed by atoms with Gasteiger partial charge in [-0.1, -0.05) is 30.3 Å². The van der Waals surface area contributed by atoms with Gasteiger partial charge in [0.05, 0.1) is 24.1 Å². The number of para-hydroxylation sites is 1. The monoisotopic (exact) mass is 324 g/mol. The van der Waals surface area contributed by atoms with E-state index < -0.39 is 18.0 Å². The van der Waals surface area contributed by atoms with Gasteiger partial charge in [-0.2, -0.15) is 5.10 Å². The van der Waals surface area contributed by atoms with Crippen LogP contribution in [-0.4, -0.2) is 35.9 Å². The van der Waals surface area contributed by atoms with E-state index in [4.69, 9.17) is 0 Å². The first-order chi connectivity index (χ1) is 11.6. The molecule has 1 atom stereocenters. The summed E-state index contributed by atoms with van der Waals surface area (Å²) in [5.41, 5.74) is 2.62. The van der Waals surface area contributed by atoms with Gasteiger partial charge in [0, 0.05) is 6.42 Å². The molecule has 0 aromatic heterocycles. The van der Waals surface area contributed by atoms with E-state index in [0.717, 1.165) is 11.3 Å². The number of hydrogen-bond donors (Lipinski definition) is 1. The molecule has 0 spiro atoms. The van der Waals surface area contributed by atoms with Crippen molar-refractivity contribution >= 4 is 23.3 Å². The number of hydrogen-bond acceptors (Lipinski definition) is 5. The van der Waals surface area contributed by atoms with Gasteiger partial charge in [-0.15, -0.1) is 0 Å². The molecule has 0 radical (unpaired) electrons. The molecule has 6 nitrogen and oxygen atoms in total. The third-order valence-corrected chi connectivity index (χ3v) is 3.86. The Labute approximate surface area is 139 Å². The number of aliphatic carboxylic acids is 1. The van der Waals surface area contributed by atoms with Gasteiger partial charge in [-0.25, -0.2) is 9.59 Å². The predicted molar refractivity (Wildman–Crippen MR) is 89.3 cm³/mol. The molecule has 2 aromatic carbocycles. The lowest BCUT2D eigenvalue weighted by atomic mass is 10.0. The van der Waals surface area contributed by atoms with E-state index in [2.05, 4.69) is 9.84 Å². The molecule has 0 aliphatic carbocycles.